The number of benzene rings is 1. The van der Waals surface area contributed by atoms with Crippen molar-refractivity contribution >= 4 is 12.0 Å². The van der Waals surface area contributed by atoms with Gasteiger partial charge in [-0.25, -0.2) is 13.6 Å². The van der Waals surface area contributed by atoms with Crippen molar-refractivity contribution in [2.75, 3.05) is 6.54 Å². The first-order chi connectivity index (χ1) is 18.7. The molecule has 2 aliphatic rings. The van der Waals surface area contributed by atoms with E-state index >= 15 is 0 Å². The Labute approximate surface area is 237 Å². The van der Waals surface area contributed by atoms with Gasteiger partial charge in [0.25, 0.3) is 0 Å². The fraction of sp³-hybridized carbons (Fsp3) is 0.655. The van der Waals surface area contributed by atoms with Crippen molar-refractivity contribution in [1.29, 1.82) is 0 Å². The van der Waals surface area contributed by atoms with Crippen molar-refractivity contribution in [2.24, 2.45) is 0 Å². The van der Waals surface area contributed by atoms with Crippen LogP contribution in [0, 0.1) is 11.6 Å². The van der Waals surface area contributed by atoms with Crippen molar-refractivity contribution in [3.05, 3.63) is 47.2 Å². The first-order valence-corrected chi connectivity index (χ1v) is 13.6. The second-order valence-corrected chi connectivity index (χ2v) is 12.0. The highest BCUT2D eigenvalue weighted by atomic mass is 19.4. The number of likely N-dealkylation sites (tertiary alicyclic amines) is 1. The van der Waals surface area contributed by atoms with Crippen molar-refractivity contribution in [3.8, 4) is 0 Å². The van der Waals surface area contributed by atoms with Gasteiger partial charge in [-0.15, -0.1) is 0 Å². The van der Waals surface area contributed by atoms with Gasteiger partial charge in [0.2, 0.25) is 11.5 Å². The van der Waals surface area contributed by atoms with Gasteiger partial charge in [0.15, 0.2) is 0 Å². The van der Waals surface area contributed by atoms with Gasteiger partial charge < -0.3 is 19.1 Å². The normalized spacial score (nSPS) is 26.9. The van der Waals surface area contributed by atoms with Crippen LogP contribution in [0.4, 0.5) is 26.7 Å². The summed E-state index contributed by atoms with van der Waals surface area (Å²) < 4.78 is 90.1. The maximum Gasteiger partial charge on any atom is 0.430 e. The van der Waals surface area contributed by atoms with Crippen molar-refractivity contribution in [3.63, 3.8) is 0 Å². The second kappa shape index (κ2) is 11.4. The van der Waals surface area contributed by atoms with Crippen LogP contribution < -0.4 is 0 Å². The summed E-state index contributed by atoms with van der Waals surface area (Å²) in [5.74, 6) is -2.05. The minimum atomic E-state index is -4.90. The molecule has 4 unspecified atom stereocenters. The number of carbonyl (C=O) groups is 2. The molecule has 0 bridgehead atoms. The van der Waals surface area contributed by atoms with E-state index in [1.165, 1.54) is 17.9 Å². The molecular weight excluding hydrogens is 551 g/mol. The van der Waals surface area contributed by atoms with E-state index in [0.717, 1.165) is 17.0 Å². The van der Waals surface area contributed by atoms with Gasteiger partial charge in [-0.05, 0) is 71.7 Å². The van der Waals surface area contributed by atoms with Crippen LogP contribution in [0.25, 0.3) is 0 Å². The third-order valence-electron chi connectivity index (χ3n) is 7.31. The lowest BCUT2D eigenvalue weighted by Crippen LogP contribution is -2.52. The molecule has 0 N–H and O–H groups in total. The van der Waals surface area contributed by atoms with Crippen LogP contribution in [-0.2, 0) is 25.4 Å². The second-order valence-electron chi connectivity index (χ2n) is 12.0. The fourth-order valence-electron chi connectivity index (χ4n) is 5.78. The number of halogens is 5. The highest BCUT2D eigenvalue weighted by Crippen LogP contribution is 2.49. The summed E-state index contributed by atoms with van der Waals surface area (Å²) in [5, 5.41) is 0. The Bertz CT molecular complexity index is 1160. The van der Waals surface area contributed by atoms with Crippen molar-refractivity contribution in [1.82, 2.24) is 9.80 Å². The maximum absolute atomic E-state index is 14.9. The topological polar surface area (TPSA) is 68.3 Å². The molecule has 0 aliphatic carbocycles. The van der Waals surface area contributed by atoms with Crippen LogP contribution in [0.5, 0.6) is 0 Å². The third-order valence-corrected chi connectivity index (χ3v) is 7.31. The van der Waals surface area contributed by atoms with Gasteiger partial charge in [-0.3, -0.25) is 9.69 Å². The van der Waals surface area contributed by atoms with E-state index in [-0.39, 0.29) is 24.2 Å². The van der Waals surface area contributed by atoms with E-state index in [1.54, 1.807) is 48.5 Å². The van der Waals surface area contributed by atoms with Crippen molar-refractivity contribution < 1.29 is 45.8 Å². The molecule has 0 spiro atoms. The predicted octanol–water partition coefficient (Wildman–Crippen LogP) is 6.50. The summed E-state index contributed by atoms with van der Waals surface area (Å²) in [6.45, 7) is 11.5. The van der Waals surface area contributed by atoms with E-state index in [2.05, 4.69) is 0 Å². The zero-order valence-corrected chi connectivity index (χ0v) is 24.7. The molecule has 230 valence electrons. The number of alkyl halides is 3. The summed E-state index contributed by atoms with van der Waals surface area (Å²) in [5.41, 5.74) is -4.95. The molecule has 4 atom stereocenters. The average molecular weight is 591 g/mol. The number of amides is 2. The van der Waals surface area contributed by atoms with E-state index in [4.69, 9.17) is 14.2 Å². The molecule has 2 fully saturated rings. The number of carbonyl (C=O) groups excluding carboxylic acids is 2. The molecule has 12 heteroatoms. The number of hydrogen-bond donors (Lipinski definition) is 0. The Hall–Kier alpha value is -2.89. The van der Waals surface area contributed by atoms with Crippen LogP contribution in [0.15, 0.2) is 30.0 Å². The van der Waals surface area contributed by atoms with Crippen molar-refractivity contribution in [2.45, 2.75) is 116 Å². The zero-order valence-electron chi connectivity index (χ0n) is 24.7. The number of rotatable bonds is 6. The van der Waals surface area contributed by atoms with Crippen LogP contribution in [0.3, 0.4) is 0 Å². The molecular formula is C29H39F5N2O5. The lowest BCUT2D eigenvalue weighted by molar-refractivity contribution is -0.261. The molecule has 41 heavy (non-hydrogen) atoms. The number of allylic oxidation sites excluding steroid dienone is 2. The summed E-state index contributed by atoms with van der Waals surface area (Å²) in [6.07, 6.45) is -6.33. The Morgan fingerprint density at radius 1 is 1.12 bits per heavy atom. The van der Waals surface area contributed by atoms with E-state index in [1.807, 2.05) is 0 Å². The molecule has 0 aromatic heterocycles. The van der Waals surface area contributed by atoms with E-state index in [9.17, 15) is 31.5 Å². The number of hydrogen-bond acceptors (Lipinski definition) is 5. The zero-order chi connectivity index (χ0) is 31.1. The van der Waals surface area contributed by atoms with Crippen LogP contribution in [0.1, 0.15) is 73.8 Å². The minimum Gasteiger partial charge on any atom is -0.480 e. The summed E-state index contributed by atoms with van der Waals surface area (Å²) in [6, 6.07) is 0.629. The molecule has 2 aliphatic heterocycles. The van der Waals surface area contributed by atoms with Crippen LogP contribution >= 0.6 is 0 Å². The van der Waals surface area contributed by atoms with E-state index < -0.39 is 77.9 Å². The summed E-state index contributed by atoms with van der Waals surface area (Å²) in [7, 11) is 0. The standard InChI is InChI=1S/C29H39F5N2O5/c1-9-21(10-2)39-28(29(32,33)34)15-23(35(16-28)25(38)41-26(4,5)6)24-22(36(17(3)37)27(7,8)40-24)13-18-11-19(30)14-20(31)12-18/h9,11-12,14,22-24H,10,13,15-16H2,1-8H3. The molecule has 0 saturated carbocycles. The first-order valence-electron chi connectivity index (χ1n) is 13.6. The van der Waals surface area contributed by atoms with Crippen LogP contribution in [-0.4, -0.2) is 69.6 Å². The summed E-state index contributed by atoms with van der Waals surface area (Å²) in [4.78, 5) is 28.6. The third kappa shape index (κ3) is 6.95. The Balaban J connectivity index is 2.16. The average Bonchev–Trinajstić information content (AvgIpc) is 3.31. The molecule has 2 amide bonds. The Morgan fingerprint density at radius 3 is 2.17 bits per heavy atom. The monoisotopic (exact) mass is 590 g/mol. The highest BCUT2D eigenvalue weighted by Gasteiger charge is 2.67. The smallest absolute Gasteiger partial charge is 0.430 e. The fourth-order valence-corrected chi connectivity index (χ4v) is 5.78. The predicted molar refractivity (Wildman–Crippen MR) is 141 cm³/mol. The lowest BCUT2D eigenvalue weighted by atomic mass is 9.90. The van der Waals surface area contributed by atoms with Gasteiger partial charge in [-0.2, -0.15) is 13.2 Å². The Morgan fingerprint density at radius 2 is 1.71 bits per heavy atom. The van der Waals surface area contributed by atoms with Gasteiger partial charge in [0, 0.05) is 25.8 Å². The molecule has 1 aromatic rings. The van der Waals surface area contributed by atoms with Gasteiger partial charge in [-0.1, -0.05) is 6.92 Å². The molecule has 3 rings (SSSR count). The minimum absolute atomic E-state index is 0.0944. The maximum atomic E-state index is 14.9. The Kier molecular flexibility index (Phi) is 9.08. The molecule has 7 nitrogen and oxygen atoms in total. The first kappa shape index (κ1) is 32.6. The van der Waals surface area contributed by atoms with Gasteiger partial charge in [0.05, 0.1) is 24.4 Å². The molecule has 2 saturated heterocycles. The highest BCUT2D eigenvalue weighted by molar-refractivity contribution is 5.75. The lowest BCUT2D eigenvalue weighted by Gasteiger charge is -2.34. The summed E-state index contributed by atoms with van der Waals surface area (Å²) >= 11 is 0. The van der Waals surface area contributed by atoms with E-state index in [0.29, 0.717) is 6.07 Å². The number of ether oxygens (including phenoxy) is 3. The largest absolute Gasteiger partial charge is 0.480 e. The SMILES string of the molecule is CC=C(CC)OC1(C(F)(F)F)CC(C2OC(C)(C)N(C(C)=O)C2Cc2cc(F)cc(F)c2)N(C(=O)OC(C)(C)C)C1. The number of nitrogens with zero attached hydrogens (tertiary/aromatic N) is 2. The molecule has 1 aromatic carbocycles. The van der Waals surface area contributed by atoms with Gasteiger partial charge >= 0.3 is 12.3 Å². The van der Waals surface area contributed by atoms with Gasteiger partial charge in [0.1, 0.15) is 29.1 Å². The molecule has 0 radical (unpaired) electrons. The quantitative estimate of drug-likeness (QED) is 0.280. The molecule has 2 heterocycles. The van der Waals surface area contributed by atoms with Crippen LogP contribution in [0.2, 0.25) is 0 Å².